The quantitative estimate of drug-likeness (QED) is 0.403. The Labute approximate surface area is 269 Å². The summed E-state index contributed by atoms with van der Waals surface area (Å²) in [4.78, 5) is 20.1. The highest BCUT2D eigenvalue weighted by atomic mass is 35.5. The number of halogens is 2. The van der Waals surface area contributed by atoms with Crippen LogP contribution in [0.15, 0.2) is 77.1 Å². The van der Waals surface area contributed by atoms with E-state index in [9.17, 15) is 13.2 Å². The van der Waals surface area contributed by atoms with Gasteiger partial charge in [-0.25, -0.2) is 12.7 Å². The van der Waals surface area contributed by atoms with Gasteiger partial charge in [0.05, 0.1) is 23.4 Å². The SMILES string of the molecule is C=C(CC)C1N2C=CN(CC(=O)NC3CCN(S(C)(=O)=O)CC3)N=C2CC(c2cccc(Cl)c2)C12C=Nc1cc(Cl)ccc12. The van der Waals surface area contributed by atoms with Crippen LogP contribution in [-0.2, 0) is 20.2 Å². The van der Waals surface area contributed by atoms with Crippen molar-refractivity contribution in [1.82, 2.24) is 19.5 Å². The minimum atomic E-state index is -3.23. The van der Waals surface area contributed by atoms with Crippen molar-refractivity contribution >= 4 is 56.9 Å². The van der Waals surface area contributed by atoms with Crippen molar-refractivity contribution < 1.29 is 13.2 Å². The molecule has 44 heavy (non-hydrogen) atoms. The topological polar surface area (TPSA) is 97.7 Å². The number of aliphatic imine (C=N–C) groups is 1. The molecule has 1 N–H and O–H groups in total. The molecule has 1 spiro atoms. The average molecular weight is 656 g/mol. The summed E-state index contributed by atoms with van der Waals surface area (Å²) in [5.74, 6) is 0.595. The van der Waals surface area contributed by atoms with Crippen LogP contribution in [0, 0.1) is 0 Å². The van der Waals surface area contributed by atoms with Crippen molar-refractivity contribution in [2.45, 2.75) is 56.0 Å². The number of fused-ring (bicyclic) bond motifs is 3. The van der Waals surface area contributed by atoms with Crippen LogP contribution in [0.1, 0.15) is 49.7 Å². The molecule has 12 heteroatoms. The lowest BCUT2D eigenvalue weighted by Crippen LogP contribution is -2.60. The monoisotopic (exact) mass is 654 g/mol. The highest BCUT2D eigenvalue weighted by Crippen LogP contribution is 2.56. The Bertz CT molecular complexity index is 1680. The van der Waals surface area contributed by atoms with Crippen LogP contribution in [0.5, 0.6) is 0 Å². The lowest BCUT2D eigenvalue weighted by molar-refractivity contribution is -0.122. The van der Waals surface area contributed by atoms with Gasteiger partial charge < -0.3 is 10.2 Å². The molecule has 0 saturated carbocycles. The number of nitrogens with zero attached hydrogens (tertiary/aromatic N) is 5. The Morgan fingerprint density at radius 2 is 1.86 bits per heavy atom. The molecule has 2 aromatic carbocycles. The molecule has 0 aliphatic carbocycles. The second-order valence-electron chi connectivity index (χ2n) is 11.9. The number of carbonyl (C=O) groups excluding carboxylic acids is 1. The molecule has 9 nitrogen and oxygen atoms in total. The third kappa shape index (κ3) is 5.69. The molecule has 2 fully saturated rings. The van der Waals surface area contributed by atoms with Crippen LogP contribution in [0.2, 0.25) is 10.0 Å². The predicted octanol–water partition coefficient (Wildman–Crippen LogP) is 5.41. The highest BCUT2D eigenvalue weighted by molar-refractivity contribution is 7.88. The standard InChI is InChI=1S/C32H36Cl2N6O3S/c1-4-21(2)31-32(20-35-28-17-24(34)8-9-26(28)32)27(22-6-5-7-23(33)16-22)18-29-37-38(14-15-40(29)31)19-30(41)36-25-10-12-39(13-11-25)44(3,42)43/h5-9,14-17,20,25,27,31H,2,4,10-13,18-19H2,1,3H3,(H,36,41). The number of rotatable bonds is 7. The molecule has 2 saturated heterocycles. The molecule has 4 aliphatic heterocycles. The van der Waals surface area contributed by atoms with Crippen molar-refractivity contribution in [3.63, 3.8) is 0 Å². The fourth-order valence-electron chi connectivity index (χ4n) is 7.03. The number of nitrogens with one attached hydrogen (secondary N) is 1. The van der Waals surface area contributed by atoms with Crippen LogP contribution in [0.25, 0.3) is 0 Å². The minimum absolute atomic E-state index is 0.0509. The van der Waals surface area contributed by atoms with Gasteiger partial charge in [-0.1, -0.05) is 60.5 Å². The summed E-state index contributed by atoms with van der Waals surface area (Å²) in [7, 11) is -3.23. The van der Waals surface area contributed by atoms with Crippen molar-refractivity contribution in [3.05, 3.63) is 88.2 Å². The lowest BCUT2D eigenvalue weighted by Gasteiger charge is -2.53. The number of sulfonamides is 1. The third-order valence-electron chi connectivity index (χ3n) is 9.16. The summed E-state index contributed by atoms with van der Waals surface area (Å²) in [5, 5.41) is 11.0. The van der Waals surface area contributed by atoms with Gasteiger partial charge in [0.25, 0.3) is 0 Å². The first kappa shape index (κ1) is 30.8. The zero-order valence-electron chi connectivity index (χ0n) is 24.8. The van der Waals surface area contributed by atoms with E-state index in [1.54, 1.807) is 5.01 Å². The smallest absolute Gasteiger partial charge is 0.241 e. The van der Waals surface area contributed by atoms with Gasteiger partial charge in [-0.3, -0.25) is 14.8 Å². The number of benzene rings is 2. The first-order chi connectivity index (χ1) is 21.0. The molecule has 0 aromatic heterocycles. The predicted molar refractivity (Wildman–Crippen MR) is 176 cm³/mol. The van der Waals surface area contributed by atoms with Crippen molar-refractivity contribution in [2.24, 2.45) is 10.1 Å². The first-order valence-electron chi connectivity index (χ1n) is 14.8. The molecule has 2 aromatic rings. The van der Waals surface area contributed by atoms with Crippen LogP contribution in [0.4, 0.5) is 5.69 Å². The van der Waals surface area contributed by atoms with E-state index in [-0.39, 0.29) is 30.5 Å². The number of carbonyl (C=O) groups is 1. The Balaban J connectivity index is 1.30. The molecule has 0 radical (unpaired) electrons. The third-order valence-corrected chi connectivity index (χ3v) is 10.9. The molecule has 1 amide bonds. The van der Waals surface area contributed by atoms with E-state index in [0.29, 0.717) is 42.4 Å². The average Bonchev–Trinajstić information content (AvgIpc) is 3.34. The van der Waals surface area contributed by atoms with Gasteiger partial charge in [0.2, 0.25) is 15.9 Å². The largest absolute Gasteiger partial charge is 0.352 e. The van der Waals surface area contributed by atoms with E-state index in [4.69, 9.17) is 33.3 Å². The Kier molecular flexibility index (Phi) is 8.38. The summed E-state index contributed by atoms with van der Waals surface area (Å²) in [6.07, 6.45) is 9.59. The molecule has 3 unspecified atom stereocenters. The van der Waals surface area contributed by atoms with Crippen LogP contribution < -0.4 is 5.32 Å². The Morgan fingerprint density at radius 1 is 1.11 bits per heavy atom. The highest BCUT2D eigenvalue weighted by Gasteiger charge is 2.57. The van der Waals surface area contributed by atoms with Crippen LogP contribution >= 0.6 is 23.2 Å². The molecular weight excluding hydrogens is 619 g/mol. The molecular formula is C32H36Cl2N6O3S. The zero-order valence-corrected chi connectivity index (χ0v) is 27.1. The van der Waals surface area contributed by atoms with E-state index in [1.807, 2.05) is 42.7 Å². The molecule has 3 atom stereocenters. The normalized spacial score (nSPS) is 25.1. The van der Waals surface area contributed by atoms with Gasteiger partial charge in [0, 0.05) is 60.1 Å². The van der Waals surface area contributed by atoms with Gasteiger partial charge in [-0.05, 0) is 54.7 Å². The van der Waals surface area contributed by atoms with Gasteiger partial charge in [-0.15, -0.1) is 0 Å². The van der Waals surface area contributed by atoms with Gasteiger partial charge >= 0.3 is 0 Å². The van der Waals surface area contributed by atoms with E-state index in [2.05, 4.69) is 42.1 Å². The molecule has 4 heterocycles. The number of amides is 1. The van der Waals surface area contributed by atoms with Crippen LogP contribution in [0.3, 0.4) is 0 Å². The van der Waals surface area contributed by atoms with Crippen molar-refractivity contribution in [3.8, 4) is 0 Å². The maximum atomic E-state index is 13.1. The summed E-state index contributed by atoms with van der Waals surface area (Å²) in [6.45, 7) is 7.49. The zero-order chi connectivity index (χ0) is 31.2. The number of amidine groups is 1. The number of hydrogen-bond donors (Lipinski definition) is 1. The Hall–Kier alpha value is -3.18. The summed E-state index contributed by atoms with van der Waals surface area (Å²) < 4.78 is 25.1. The summed E-state index contributed by atoms with van der Waals surface area (Å²) in [5.41, 5.74) is 3.49. The summed E-state index contributed by atoms with van der Waals surface area (Å²) >= 11 is 12.9. The number of piperidine rings is 2. The molecule has 232 valence electrons. The number of hydrazone groups is 1. The minimum Gasteiger partial charge on any atom is -0.352 e. The van der Waals surface area contributed by atoms with Gasteiger partial charge in [0.15, 0.2) is 0 Å². The lowest BCUT2D eigenvalue weighted by atomic mass is 9.59. The van der Waals surface area contributed by atoms with E-state index >= 15 is 0 Å². The van der Waals surface area contributed by atoms with Gasteiger partial charge in [0.1, 0.15) is 12.4 Å². The maximum absolute atomic E-state index is 13.1. The molecule has 0 bridgehead atoms. The van der Waals surface area contributed by atoms with Crippen molar-refractivity contribution in [1.29, 1.82) is 0 Å². The fraction of sp³-hybridized carbons (Fsp3) is 0.406. The first-order valence-corrected chi connectivity index (χ1v) is 17.4. The van der Waals surface area contributed by atoms with Crippen LogP contribution in [-0.4, -0.2) is 78.6 Å². The molecule has 4 aliphatic rings. The fourth-order valence-corrected chi connectivity index (χ4v) is 8.27. The van der Waals surface area contributed by atoms with Crippen molar-refractivity contribution in [2.75, 3.05) is 25.9 Å². The summed E-state index contributed by atoms with van der Waals surface area (Å²) in [6, 6.07) is 13.6. The van der Waals surface area contributed by atoms with E-state index in [0.717, 1.165) is 34.6 Å². The second-order valence-corrected chi connectivity index (χ2v) is 14.8. The van der Waals surface area contributed by atoms with E-state index < -0.39 is 15.4 Å². The molecule has 6 rings (SSSR count). The second kappa shape index (κ2) is 12.0. The van der Waals surface area contributed by atoms with E-state index in [1.165, 1.54) is 10.6 Å². The van der Waals surface area contributed by atoms with Gasteiger partial charge in [-0.2, -0.15) is 5.10 Å². The maximum Gasteiger partial charge on any atom is 0.241 e. The number of hydrogen-bond acceptors (Lipinski definition) is 7. The Morgan fingerprint density at radius 3 is 2.57 bits per heavy atom.